The molecular weight excluding hydrogens is 166 g/mol. The third kappa shape index (κ3) is 2.93. The van der Waals surface area contributed by atoms with Gasteiger partial charge < -0.3 is 15.2 Å². The van der Waals surface area contributed by atoms with Gasteiger partial charge in [0, 0.05) is 19.1 Å². The molecule has 3 heteroatoms. The van der Waals surface area contributed by atoms with E-state index in [4.69, 9.17) is 4.74 Å². The number of aliphatic hydroxyl groups is 1. The normalized spacial score (nSPS) is 31.6. The number of piperidine rings is 1. The number of hydrogen-bond acceptors (Lipinski definition) is 3. The van der Waals surface area contributed by atoms with Crippen LogP contribution in [0.3, 0.4) is 0 Å². The van der Waals surface area contributed by atoms with Gasteiger partial charge in [0.1, 0.15) is 0 Å². The van der Waals surface area contributed by atoms with Gasteiger partial charge in [-0.25, -0.2) is 0 Å². The molecule has 1 saturated heterocycles. The lowest BCUT2D eigenvalue weighted by atomic mass is 9.77. The minimum atomic E-state index is 0.0632. The zero-order valence-electron chi connectivity index (χ0n) is 8.68. The molecule has 0 aromatic carbocycles. The van der Waals surface area contributed by atoms with Crippen LogP contribution in [0.15, 0.2) is 0 Å². The van der Waals surface area contributed by atoms with Crippen molar-refractivity contribution in [1.82, 2.24) is 5.32 Å². The maximum Gasteiger partial charge on any atom is 0.0549 e. The summed E-state index contributed by atoms with van der Waals surface area (Å²) in [5, 5.41) is 12.7. The van der Waals surface area contributed by atoms with Crippen molar-refractivity contribution >= 4 is 0 Å². The smallest absolute Gasteiger partial charge is 0.0549 e. The van der Waals surface area contributed by atoms with Crippen LogP contribution in [-0.4, -0.2) is 38.0 Å². The first-order valence-corrected chi connectivity index (χ1v) is 5.07. The van der Waals surface area contributed by atoms with Gasteiger partial charge in [-0.3, -0.25) is 0 Å². The Morgan fingerprint density at radius 2 is 2.38 bits per heavy atom. The molecular formula is C10H21NO2. The Labute approximate surface area is 80.5 Å². The van der Waals surface area contributed by atoms with Gasteiger partial charge in [0.25, 0.3) is 0 Å². The first-order chi connectivity index (χ1) is 6.22. The van der Waals surface area contributed by atoms with Crippen molar-refractivity contribution in [2.24, 2.45) is 5.41 Å². The molecule has 78 valence electrons. The highest BCUT2D eigenvalue weighted by atomic mass is 16.5. The van der Waals surface area contributed by atoms with E-state index in [0.29, 0.717) is 0 Å². The van der Waals surface area contributed by atoms with Crippen LogP contribution in [0.2, 0.25) is 0 Å². The molecule has 3 nitrogen and oxygen atoms in total. The van der Waals surface area contributed by atoms with Crippen LogP contribution >= 0.6 is 0 Å². The standard InChI is InChI=1S/C10H21NO2/c1-9(13-2)6-10(8-12)4-3-5-11-7-10/h9,11-12H,3-8H2,1-2H3. The van der Waals surface area contributed by atoms with E-state index in [9.17, 15) is 5.11 Å². The number of rotatable bonds is 4. The quantitative estimate of drug-likeness (QED) is 0.683. The van der Waals surface area contributed by atoms with Gasteiger partial charge >= 0.3 is 0 Å². The molecule has 0 aliphatic carbocycles. The van der Waals surface area contributed by atoms with Gasteiger partial charge in [0.2, 0.25) is 0 Å². The van der Waals surface area contributed by atoms with E-state index in [1.54, 1.807) is 7.11 Å². The molecule has 0 amide bonds. The summed E-state index contributed by atoms with van der Waals surface area (Å²) >= 11 is 0. The Bertz CT molecular complexity index is 144. The van der Waals surface area contributed by atoms with E-state index in [0.717, 1.165) is 32.4 Å². The van der Waals surface area contributed by atoms with Crippen molar-refractivity contribution in [2.45, 2.75) is 32.3 Å². The van der Waals surface area contributed by atoms with Crippen molar-refractivity contribution < 1.29 is 9.84 Å². The Morgan fingerprint density at radius 3 is 2.85 bits per heavy atom. The van der Waals surface area contributed by atoms with Gasteiger partial charge in [0.05, 0.1) is 12.7 Å². The van der Waals surface area contributed by atoms with Gasteiger partial charge in [-0.2, -0.15) is 0 Å². The number of aliphatic hydroxyl groups excluding tert-OH is 1. The highest BCUT2D eigenvalue weighted by molar-refractivity contribution is 4.86. The molecule has 2 N–H and O–H groups in total. The lowest BCUT2D eigenvalue weighted by Crippen LogP contribution is -2.44. The number of ether oxygens (including phenoxy) is 1. The molecule has 1 rings (SSSR count). The zero-order chi connectivity index (χ0) is 9.73. The predicted molar refractivity (Wildman–Crippen MR) is 52.7 cm³/mol. The summed E-state index contributed by atoms with van der Waals surface area (Å²) in [5.74, 6) is 0. The van der Waals surface area contributed by atoms with Crippen molar-refractivity contribution in [3.05, 3.63) is 0 Å². The van der Waals surface area contributed by atoms with Gasteiger partial charge in [-0.1, -0.05) is 0 Å². The molecule has 1 aliphatic rings. The third-order valence-electron chi connectivity index (χ3n) is 3.02. The number of methoxy groups -OCH3 is 1. The molecule has 1 fully saturated rings. The molecule has 13 heavy (non-hydrogen) atoms. The fourth-order valence-electron chi connectivity index (χ4n) is 2.10. The Balaban J connectivity index is 2.47. The van der Waals surface area contributed by atoms with Crippen LogP contribution in [0.1, 0.15) is 26.2 Å². The third-order valence-corrected chi connectivity index (χ3v) is 3.02. The molecule has 1 heterocycles. The summed E-state index contributed by atoms with van der Waals surface area (Å²) in [6.07, 6.45) is 3.47. The fourth-order valence-corrected chi connectivity index (χ4v) is 2.10. The SMILES string of the molecule is COC(C)CC1(CO)CCCNC1. The predicted octanol–water partition coefficient (Wildman–Crippen LogP) is 0.773. The van der Waals surface area contributed by atoms with Crippen molar-refractivity contribution in [1.29, 1.82) is 0 Å². The van der Waals surface area contributed by atoms with Crippen molar-refractivity contribution in [2.75, 3.05) is 26.8 Å². The van der Waals surface area contributed by atoms with Crippen LogP contribution < -0.4 is 5.32 Å². The van der Waals surface area contributed by atoms with Crippen molar-refractivity contribution in [3.8, 4) is 0 Å². The van der Waals surface area contributed by atoms with E-state index in [1.807, 2.05) is 0 Å². The fraction of sp³-hybridized carbons (Fsp3) is 1.00. The van der Waals surface area contributed by atoms with Crippen LogP contribution in [0.25, 0.3) is 0 Å². The van der Waals surface area contributed by atoms with Gasteiger partial charge in [0.15, 0.2) is 0 Å². The summed E-state index contributed by atoms with van der Waals surface area (Å²) in [6, 6.07) is 0. The Kier molecular flexibility index (Phi) is 4.16. The van der Waals surface area contributed by atoms with E-state index < -0.39 is 0 Å². The molecule has 0 spiro atoms. The second-order valence-electron chi connectivity index (χ2n) is 4.19. The molecule has 0 aromatic rings. The monoisotopic (exact) mass is 187 g/mol. The molecule has 0 radical (unpaired) electrons. The summed E-state index contributed by atoms with van der Waals surface area (Å²) in [4.78, 5) is 0. The summed E-state index contributed by atoms with van der Waals surface area (Å²) in [6.45, 7) is 4.35. The molecule has 0 bridgehead atoms. The van der Waals surface area contributed by atoms with Gasteiger partial charge in [-0.05, 0) is 32.7 Å². The average Bonchev–Trinajstić information content (AvgIpc) is 2.19. The average molecular weight is 187 g/mol. The highest BCUT2D eigenvalue weighted by Gasteiger charge is 2.32. The maximum absolute atomic E-state index is 9.39. The topological polar surface area (TPSA) is 41.5 Å². The summed E-state index contributed by atoms with van der Waals surface area (Å²) in [7, 11) is 1.73. The van der Waals surface area contributed by atoms with Crippen LogP contribution in [0.5, 0.6) is 0 Å². The van der Waals surface area contributed by atoms with Gasteiger partial charge in [-0.15, -0.1) is 0 Å². The van der Waals surface area contributed by atoms with Crippen molar-refractivity contribution in [3.63, 3.8) is 0 Å². The summed E-state index contributed by atoms with van der Waals surface area (Å²) in [5.41, 5.74) is 0.0632. The first kappa shape index (κ1) is 11.0. The molecule has 0 saturated carbocycles. The largest absolute Gasteiger partial charge is 0.396 e. The van der Waals surface area contributed by atoms with E-state index in [1.165, 1.54) is 0 Å². The summed E-state index contributed by atoms with van der Waals surface area (Å²) < 4.78 is 5.24. The zero-order valence-corrected chi connectivity index (χ0v) is 8.68. The Hall–Kier alpha value is -0.120. The lowest BCUT2D eigenvalue weighted by molar-refractivity contribution is 0.0180. The Morgan fingerprint density at radius 1 is 1.62 bits per heavy atom. The molecule has 2 unspecified atom stereocenters. The molecule has 2 atom stereocenters. The molecule has 0 aromatic heterocycles. The van der Waals surface area contributed by atoms with Crippen LogP contribution in [-0.2, 0) is 4.74 Å². The first-order valence-electron chi connectivity index (χ1n) is 5.07. The van der Waals surface area contributed by atoms with E-state index >= 15 is 0 Å². The molecule has 1 aliphatic heterocycles. The second kappa shape index (κ2) is 4.94. The highest BCUT2D eigenvalue weighted by Crippen LogP contribution is 2.31. The van der Waals surface area contributed by atoms with Crippen LogP contribution in [0, 0.1) is 5.41 Å². The van der Waals surface area contributed by atoms with E-state index in [-0.39, 0.29) is 18.1 Å². The number of hydrogen-bond donors (Lipinski definition) is 2. The minimum absolute atomic E-state index is 0.0632. The van der Waals surface area contributed by atoms with Crippen LogP contribution in [0.4, 0.5) is 0 Å². The maximum atomic E-state index is 9.39. The van der Waals surface area contributed by atoms with E-state index in [2.05, 4.69) is 12.2 Å². The lowest BCUT2D eigenvalue weighted by Gasteiger charge is -2.37. The number of nitrogens with one attached hydrogen (secondary N) is 1. The second-order valence-corrected chi connectivity index (χ2v) is 4.19. The minimum Gasteiger partial charge on any atom is -0.396 e.